The van der Waals surface area contributed by atoms with Gasteiger partial charge in [-0.3, -0.25) is 4.79 Å². The van der Waals surface area contributed by atoms with Crippen LogP contribution in [0.4, 0.5) is 0 Å². The van der Waals surface area contributed by atoms with Gasteiger partial charge in [0.1, 0.15) is 5.75 Å². The summed E-state index contributed by atoms with van der Waals surface area (Å²) in [5.74, 6) is 1.40. The van der Waals surface area contributed by atoms with Crippen LogP contribution in [0.25, 0.3) is 0 Å². The summed E-state index contributed by atoms with van der Waals surface area (Å²) in [6.45, 7) is 7.05. The summed E-state index contributed by atoms with van der Waals surface area (Å²) < 4.78 is 5.53. The second kappa shape index (κ2) is 8.37. The first-order valence-corrected chi connectivity index (χ1v) is 8.10. The monoisotopic (exact) mass is 311 g/mol. The van der Waals surface area contributed by atoms with Crippen molar-refractivity contribution >= 4 is 5.91 Å². The molecule has 23 heavy (non-hydrogen) atoms. The Hall–Kier alpha value is -2.29. The number of amides is 1. The topological polar surface area (TPSA) is 38.3 Å². The lowest BCUT2D eigenvalue weighted by molar-refractivity contribution is -0.123. The van der Waals surface area contributed by atoms with Gasteiger partial charge in [0.2, 0.25) is 0 Å². The van der Waals surface area contributed by atoms with Crippen LogP contribution in [-0.4, -0.2) is 19.1 Å². The molecule has 0 spiro atoms. The number of carbonyl (C=O) groups excluding carboxylic acids is 1. The molecule has 122 valence electrons. The third-order valence-corrected chi connectivity index (χ3v) is 3.89. The number of benzene rings is 2. The molecule has 1 unspecified atom stereocenters. The van der Waals surface area contributed by atoms with E-state index in [-0.39, 0.29) is 18.4 Å². The molecular formula is C20H25NO2. The number of nitrogens with one attached hydrogen (secondary N) is 1. The molecule has 0 fully saturated rings. The van der Waals surface area contributed by atoms with Crippen molar-refractivity contribution in [2.75, 3.05) is 13.2 Å². The number of hydrogen-bond acceptors (Lipinski definition) is 2. The first-order valence-electron chi connectivity index (χ1n) is 8.10. The van der Waals surface area contributed by atoms with E-state index in [0.29, 0.717) is 12.5 Å². The maximum Gasteiger partial charge on any atom is 0.257 e. The van der Waals surface area contributed by atoms with Gasteiger partial charge in [0.05, 0.1) is 0 Å². The van der Waals surface area contributed by atoms with Gasteiger partial charge in [0.25, 0.3) is 5.91 Å². The molecule has 0 aliphatic rings. The van der Waals surface area contributed by atoms with Gasteiger partial charge < -0.3 is 10.1 Å². The smallest absolute Gasteiger partial charge is 0.257 e. The molecular weight excluding hydrogens is 286 g/mol. The molecule has 1 N–H and O–H groups in total. The molecule has 0 aliphatic heterocycles. The molecule has 1 atom stereocenters. The normalized spacial score (nSPS) is 12.0. The lowest BCUT2D eigenvalue weighted by Gasteiger charge is -2.13. The van der Waals surface area contributed by atoms with Crippen molar-refractivity contribution in [3.8, 4) is 5.75 Å². The van der Waals surface area contributed by atoms with E-state index in [4.69, 9.17) is 4.74 Å². The van der Waals surface area contributed by atoms with E-state index < -0.39 is 0 Å². The largest absolute Gasteiger partial charge is 0.484 e. The first-order chi connectivity index (χ1) is 11.1. The van der Waals surface area contributed by atoms with Crippen LogP contribution in [0.2, 0.25) is 0 Å². The molecule has 2 aromatic rings. The third kappa shape index (κ3) is 5.44. The van der Waals surface area contributed by atoms with E-state index in [1.54, 1.807) is 0 Å². The van der Waals surface area contributed by atoms with Crippen LogP contribution < -0.4 is 10.1 Å². The van der Waals surface area contributed by atoms with Gasteiger partial charge in [-0.25, -0.2) is 0 Å². The summed E-state index contributed by atoms with van der Waals surface area (Å²) in [7, 11) is 0. The Morgan fingerprint density at radius 2 is 1.61 bits per heavy atom. The molecule has 0 saturated carbocycles. The molecule has 3 heteroatoms. The summed E-state index contributed by atoms with van der Waals surface area (Å²) in [6.07, 6.45) is 0. The SMILES string of the molecule is CC(C)c1ccc(OCC(=O)NCC(C)c2ccccc2)cc1. The Morgan fingerprint density at radius 3 is 2.22 bits per heavy atom. The van der Waals surface area contributed by atoms with Crippen LogP contribution in [0, 0.1) is 0 Å². The number of rotatable bonds is 7. The maximum atomic E-state index is 11.9. The van der Waals surface area contributed by atoms with Crippen molar-refractivity contribution < 1.29 is 9.53 Å². The zero-order valence-electron chi connectivity index (χ0n) is 14.1. The van der Waals surface area contributed by atoms with Gasteiger partial charge in [0.15, 0.2) is 6.61 Å². The van der Waals surface area contributed by atoms with E-state index in [1.165, 1.54) is 11.1 Å². The van der Waals surface area contributed by atoms with Crippen molar-refractivity contribution in [3.63, 3.8) is 0 Å². The van der Waals surface area contributed by atoms with Crippen LogP contribution in [0.3, 0.4) is 0 Å². The van der Waals surface area contributed by atoms with Gasteiger partial charge in [-0.2, -0.15) is 0 Å². The average molecular weight is 311 g/mol. The number of carbonyl (C=O) groups is 1. The third-order valence-electron chi connectivity index (χ3n) is 3.89. The molecule has 0 bridgehead atoms. The molecule has 1 amide bonds. The predicted octanol–water partition coefficient (Wildman–Crippen LogP) is 4.11. The highest BCUT2D eigenvalue weighted by atomic mass is 16.5. The van der Waals surface area contributed by atoms with E-state index >= 15 is 0 Å². The van der Waals surface area contributed by atoms with Gasteiger partial charge in [0, 0.05) is 6.54 Å². The molecule has 0 saturated heterocycles. The lowest BCUT2D eigenvalue weighted by Crippen LogP contribution is -2.31. The van der Waals surface area contributed by atoms with Crippen LogP contribution >= 0.6 is 0 Å². The summed E-state index contributed by atoms with van der Waals surface area (Å²) >= 11 is 0. The van der Waals surface area contributed by atoms with Crippen LogP contribution in [-0.2, 0) is 4.79 Å². The maximum absolute atomic E-state index is 11.9. The van der Waals surface area contributed by atoms with Gasteiger partial charge in [-0.15, -0.1) is 0 Å². The highest BCUT2D eigenvalue weighted by Gasteiger charge is 2.08. The van der Waals surface area contributed by atoms with E-state index in [9.17, 15) is 4.79 Å². The molecule has 2 aromatic carbocycles. The van der Waals surface area contributed by atoms with E-state index in [0.717, 1.165) is 5.75 Å². The molecule has 0 aliphatic carbocycles. The Kier molecular flexibility index (Phi) is 6.21. The second-order valence-electron chi connectivity index (χ2n) is 6.13. The Bertz CT molecular complexity index is 605. The minimum Gasteiger partial charge on any atom is -0.484 e. The average Bonchev–Trinajstić information content (AvgIpc) is 2.59. The quantitative estimate of drug-likeness (QED) is 0.835. The predicted molar refractivity (Wildman–Crippen MR) is 93.9 cm³/mol. The lowest BCUT2D eigenvalue weighted by atomic mass is 10.0. The molecule has 2 rings (SSSR count). The Morgan fingerprint density at radius 1 is 0.957 bits per heavy atom. The highest BCUT2D eigenvalue weighted by molar-refractivity contribution is 5.77. The molecule has 0 aromatic heterocycles. The van der Waals surface area contributed by atoms with Crippen molar-refractivity contribution in [2.45, 2.75) is 32.6 Å². The molecule has 3 nitrogen and oxygen atoms in total. The fourth-order valence-electron chi connectivity index (χ4n) is 2.32. The van der Waals surface area contributed by atoms with Crippen molar-refractivity contribution in [1.82, 2.24) is 5.32 Å². The van der Waals surface area contributed by atoms with Gasteiger partial charge in [-0.1, -0.05) is 63.2 Å². The zero-order chi connectivity index (χ0) is 16.7. The molecule has 0 radical (unpaired) electrons. The van der Waals surface area contributed by atoms with E-state index in [2.05, 4.69) is 38.2 Å². The van der Waals surface area contributed by atoms with Gasteiger partial charge in [-0.05, 0) is 35.1 Å². The summed E-state index contributed by atoms with van der Waals surface area (Å²) in [6, 6.07) is 18.1. The standard InChI is InChI=1S/C20H25NO2/c1-15(2)17-9-11-19(12-10-17)23-14-20(22)21-13-16(3)18-7-5-4-6-8-18/h4-12,15-16H,13-14H2,1-3H3,(H,21,22). The highest BCUT2D eigenvalue weighted by Crippen LogP contribution is 2.18. The summed E-state index contributed by atoms with van der Waals surface area (Å²) in [5, 5.41) is 2.92. The van der Waals surface area contributed by atoms with Crippen molar-refractivity contribution in [1.29, 1.82) is 0 Å². The van der Waals surface area contributed by atoms with Crippen LogP contribution in [0.1, 0.15) is 43.7 Å². The van der Waals surface area contributed by atoms with Crippen LogP contribution in [0.15, 0.2) is 54.6 Å². The Labute approximate surface area is 138 Å². The summed E-state index contributed by atoms with van der Waals surface area (Å²) in [4.78, 5) is 11.9. The summed E-state index contributed by atoms with van der Waals surface area (Å²) in [5.41, 5.74) is 2.48. The minimum absolute atomic E-state index is 0.0442. The van der Waals surface area contributed by atoms with Crippen molar-refractivity contribution in [3.05, 3.63) is 65.7 Å². The second-order valence-corrected chi connectivity index (χ2v) is 6.13. The van der Waals surface area contributed by atoms with E-state index in [1.807, 2.05) is 42.5 Å². The Balaban J connectivity index is 1.74. The van der Waals surface area contributed by atoms with Crippen LogP contribution in [0.5, 0.6) is 5.75 Å². The zero-order valence-corrected chi connectivity index (χ0v) is 14.1. The number of hydrogen-bond donors (Lipinski definition) is 1. The molecule has 0 heterocycles. The number of ether oxygens (including phenoxy) is 1. The fraction of sp³-hybridized carbons (Fsp3) is 0.350. The van der Waals surface area contributed by atoms with Crippen molar-refractivity contribution in [2.24, 2.45) is 0 Å². The van der Waals surface area contributed by atoms with Gasteiger partial charge >= 0.3 is 0 Å². The first kappa shape index (κ1) is 17.1. The fourth-order valence-corrected chi connectivity index (χ4v) is 2.32. The minimum atomic E-state index is -0.0966.